The zero-order valence-corrected chi connectivity index (χ0v) is 13.1. The van der Waals surface area contributed by atoms with Gasteiger partial charge in [-0.15, -0.1) is 11.8 Å². The van der Waals surface area contributed by atoms with E-state index >= 15 is 0 Å². The van der Waals surface area contributed by atoms with Crippen LogP contribution in [-0.4, -0.2) is 16.6 Å². The molecule has 114 valence electrons. The summed E-state index contributed by atoms with van der Waals surface area (Å²) in [7, 11) is 0. The highest BCUT2D eigenvalue weighted by atomic mass is 35.5. The molecule has 0 fully saturated rings. The smallest absolute Gasteiger partial charge is 0.269 e. The maximum atomic E-state index is 11.8. The molecule has 2 aromatic carbocycles. The molecule has 0 bridgehead atoms. The molecule has 0 unspecified atom stereocenters. The predicted octanol–water partition coefficient (Wildman–Crippen LogP) is 4.12. The van der Waals surface area contributed by atoms with Crippen molar-refractivity contribution in [2.75, 3.05) is 11.1 Å². The maximum Gasteiger partial charge on any atom is 0.269 e. The van der Waals surface area contributed by atoms with E-state index in [1.165, 1.54) is 23.9 Å². The molecule has 22 heavy (non-hydrogen) atoms. The molecule has 0 aliphatic rings. The number of thioether (sulfide) groups is 1. The minimum Gasteiger partial charge on any atom is -0.325 e. The number of amides is 1. The van der Waals surface area contributed by atoms with Gasteiger partial charge in [0.15, 0.2) is 0 Å². The quantitative estimate of drug-likeness (QED) is 0.636. The molecule has 0 aliphatic heterocycles. The maximum absolute atomic E-state index is 11.8. The van der Waals surface area contributed by atoms with E-state index in [2.05, 4.69) is 5.32 Å². The number of nitrogens with zero attached hydrogens (tertiary/aromatic N) is 1. The number of halogens is 1. The largest absolute Gasteiger partial charge is 0.325 e. The van der Waals surface area contributed by atoms with Crippen LogP contribution in [0, 0.1) is 10.1 Å². The van der Waals surface area contributed by atoms with Crippen LogP contribution in [-0.2, 0) is 10.5 Å². The molecule has 2 aromatic rings. The molecule has 0 heterocycles. The number of nitro groups is 1. The second-order valence-corrected chi connectivity index (χ2v) is 5.90. The summed E-state index contributed by atoms with van der Waals surface area (Å²) in [4.78, 5) is 21.9. The van der Waals surface area contributed by atoms with Crippen LogP contribution in [0.15, 0.2) is 48.5 Å². The Morgan fingerprint density at radius 2 is 1.95 bits per heavy atom. The fourth-order valence-corrected chi connectivity index (χ4v) is 2.72. The Hall–Kier alpha value is -2.05. The molecule has 2 rings (SSSR count). The van der Waals surface area contributed by atoms with E-state index in [1.54, 1.807) is 36.4 Å². The lowest BCUT2D eigenvalue weighted by molar-refractivity contribution is -0.384. The zero-order chi connectivity index (χ0) is 15.9. The third kappa shape index (κ3) is 5.05. The fourth-order valence-electron chi connectivity index (χ4n) is 1.74. The standard InChI is InChI=1S/C15H13ClN2O3S/c16-12-2-1-3-13(8-12)17-15(19)10-22-9-11-4-6-14(7-5-11)18(20)21/h1-8H,9-10H2,(H,17,19). The van der Waals surface area contributed by atoms with Crippen molar-refractivity contribution in [3.05, 3.63) is 69.2 Å². The minimum absolute atomic E-state index is 0.0625. The molecule has 0 aliphatic carbocycles. The molecule has 1 amide bonds. The SMILES string of the molecule is O=C(CSCc1ccc([N+](=O)[O-])cc1)Nc1cccc(Cl)c1. The molecule has 1 N–H and O–H groups in total. The third-order valence-corrected chi connectivity index (χ3v) is 4.00. The highest BCUT2D eigenvalue weighted by Crippen LogP contribution is 2.18. The van der Waals surface area contributed by atoms with Crippen molar-refractivity contribution >= 4 is 40.6 Å². The monoisotopic (exact) mass is 336 g/mol. The van der Waals surface area contributed by atoms with E-state index in [0.717, 1.165) is 5.56 Å². The number of nitrogens with one attached hydrogen (secondary N) is 1. The van der Waals surface area contributed by atoms with Gasteiger partial charge in [-0.1, -0.05) is 29.8 Å². The van der Waals surface area contributed by atoms with E-state index in [4.69, 9.17) is 11.6 Å². The topological polar surface area (TPSA) is 72.2 Å². The van der Waals surface area contributed by atoms with Crippen LogP contribution in [0.3, 0.4) is 0 Å². The molecule has 0 saturated heterocycles. The normalized spacial score (nSPS) is 10.2. The fraction of sp³-hybridized carbons (Fsp3) is 0.133. The van der Waals surface area contributed by atoms with Gasteiger partial charge in [0, 0.05) is 28.6 Å². The van der Waals surface area contributed by atoms with Gasteiger partial charge in [0.1, 0.15) is 0 Å². The Balaban J connectivity index is 1.78. The number of carbonyl (C=O) groups is 1. The van der Waals surface area contributed by atoms with Gasteiger partial charge in [-0.05, 0) is 23.8 Å². The number of nitro benzene ring substituents is 1. The zero-order valence-electron chi connectivity index (χ0n) is 11.5. The molecule has 0 saturated carbocycles. The number of hydrogen-bond acceptors (Lipinski definition) is 4. The van der Waals surface area contributed by atoms with E-state index in [-0.39, 0.29) is 11.6 Å². The van der Waals surface area contributed by atoms with E-state index in [1.807, 2.05) is 0 Å². The molecule has 0 radical (unpaired) electrons. The Labute approximate surface area is 136 Å². The second-order valence-electron chi connectivity index (χ2n) is 4.47. The van der Waals surface area contributed by atoms with Gasteiger partial charge in [-0.3, -0.25) is 14.9 Å². The molecule has 0 aromatic heterocycles. The number of rotatable bonds is 6. The van der Waals surface area contributed by atoms with Crippen molar-refractivity contribution in [3.8, 4) is 0 Å². The number of non-ortho nitro benzene ring substituents is 1. The van der Waals surface area contributed by atoms with Crippen LogP contribution in [0.2, 0.25) is 5.02 Å². The lowest BCUT2D eigenvalue weighted by atomic mass is 10.2. The van der Waals surface area contributed by atoms with Gasteiger partial charge in [0.2, 0.25) is 5.91 Å². The highest BCUT2D eigenvalue weighted by molar-refractivity contribution is 7.99. The van der Waals surface area contributed by atoms with E-state index in [9.17, 15) is 14.9 Å². The van der Waals surface area contributed by atoms with Crippen LogP contribution < -0.4 is 5.32 Å². The highest BCUT2D eigenvalue weighted by Gasteiger charge is 2.06. The Morgan fingerprint density at radius 1 is 1.23 bits per heavy atom. The minimum atomic E-state index is -0.435. The van der Waals surface area contributed by atoms with Gasteiger partial charge >= 0.3 is 0 Å². The number of carbonyl (C=O) groups excluding carboxylic acids is 1. The number of hydrogen-bond donors (Lipinski definition) is 1. The van der Waals surface area contributed by atoms with Crippen molar-refractivity contribution in [1.29, 1.82) is 0 Å². The van der Waals surface area contributed by atoms with Crippen LogP contribution >= 0.6 is 23.4 Å². The molecular formula is C15H13ClN2O3S. The van der Waals surface area contributed by atoms with Gasteiger partial charge in [-0.2, -0.15) is 0 Å². The molecular weight excluding hydrogens is 324 g/mol. The summed E-state index contributed by atoms with van der Waals surface area (Å²) in [6.45, 7) is 0. The molecule has 7 heteroatoms. The lowest BCUT2D eigenvalue weighted by Crippen LogP contribution is -2.14. The van der Waals surface area contributed by atoms with E-state index in [0.29, 0.717) is 22.2 Å². The summed E-state index contributed by atoms with van der Waals surface area (Å²) in [5.74, 6) is 0.791. The van der Waals surface area contributed by atoms with Crippen LogP contribution in [0.5, 0.6) is 0 Å². The van der Waals surface area contributed by atoms with Gasteiger partial charge in [-0.25, -0.2) is 0 Å². The first-order chi connectivity index (χ1) is 10.5. The summed E-state index contributed by atoms with van der Waals surface area (Å²) in [6.07, 6.45) is 0. The third-order valence-electron chi connectivity index (χ3n) is 2.76. The van der Waals surface area contributed by atoms with Crippen LogP contribution in [0.25, 0.3) is 0 Å². The first-order valence-corrected chi connectivity index (χ1v) is 7.94. The van der Waals surface area contributed by atoms with Gasteiger partial charge in [0.25, 0.3) is 5.69 Å². The number of benzene rings is 2. The first kappa shape index (κ1) is 16.3. The van der Waals surface area contributed by atoms with Crippen LogP contribution in [0.1, 0.15) is 5.56 Å². The molecule has 0 spiro atoms. The number of anilines is 1. The van der Waals surface area contributed by atoms with Gasteiger partial charge in [0.05, 0.1) is 10.7 Å². The summed E-state index contributed by atoms with van der Waals surface area (Å²) < 4.78 is 0. The average Bonchev–Trinajstić information content (AvgIpc) is 2.47. The average molecular weight is 337 g/mol. The Kier molecular flexibility index (Phi) is 5.80. The predicted molar refractivity (Wildman–Crippen MR) is 89.3 cm³/mol. The Bertz CT molecular complexity index is 677. The summed E-state index contributed by atoms with van der Waals surface area (Å²) in [6, 6.07) is 13.3. The second kappa shape index (κ2) is 7.82. The molecule has 0 atom stereocenters. The van der Waals surface area contributed by atoms with Crippen molar-refractivity contribution in [2.24, 2.45) is 0 Å². The van der Waals surface area contributed by atoms with E-state index < -0.39 is 4.92 Å². The van der Waals surface area contributed by atoms with Crippen molar-refractivity contribution < 1.29 is 9.72 Å². The summed E-state index contributed by atoms with van der Waals surface area (Å²) in [5, 5.41) is 13.9. The summed E-state index contributed by atoms with van der Waals surface area (Å²) in [5.41, 5.74) is 1.66. The molecule has 5 nitrogen and oxygen atoms in total. The van der Waals surface area contributed by atoms with Crippen molar-refractivity contribution in [3.63, 3.8) is 0 Å². The lowest BCUT2D eigenvalue weighted by Gasteiger charge is -2.05. The van der Waals surface area contributed by atoms with Crippen molar-refractivity contribution in [1.82, 2.24) is 0 Å². The van der Waals surface area contributed by atoms with Gasteiger partial charge < -0.3 is 5.32 Å². The Morgan fingerprint density at radius 3 is 2.59 bits per heavy atom. The van der Waals surface area contributed by atoms with Crippen molar-refractivity contribution in [2.45, 2.75) is 5.75 Å². The summed E-state index contributed by atoms with van der Waals surface area (Å²) >= 11 is 7.28. The first-order valence-electron chi connectivity index (χ1n) is 6.41. The van der Waals surface area contributed by atoms with Crippen LogP contribution in [0.4, 0.5) is 11.4 Å².